The number of hydrogen-bond acceptors (Lipinski definition) is 5. The third-order valence-electron chi connectivity index (χ3n) is 5.48. The monoisotopic (exact) mass is 378 g/mol. The summed E-state index contributed by atoms with van der Waals surface area (Å²) in [6, 6.07) is 3.65. The van der Waals surface area contributed by atoms with Crippen LogP contribution in [0, 0.1) is 10.8 Å². The zero-order chi connectivity index (χ0) is 20.2. The first kappa shape index (κ1) is 21.0. The molecule has 1 fully saturated rings. The summed E-state index contributed by atoms with van der Waals surface area (Å²) in [5, 5.41) is 9.23. The Labute approximate surface area is 160 Å². The SMILES string of the molecule is COc1ccc(CC2(C(=O)OC(C)C(C)(C)C)CCN(C(=O)O)CC2)cn1. The Morgan fingerprint density at radius 1 is 1.30 bits per heavy atom. The van der Waals surface area contributed by atoms with Gasteiger partial charge in [-0.25, -0.2) is 9.78 Å². The fourth-order valence-electron chi connectivity index (χ4n) is 3.07. The van der Waals surface area contributed by atoms with Crippen LogP contribution in [0.5, 0.6) is 5.88 Å². The van der Waals surface area contributed by atoms with E-state index in [1.165, 1.54) is 4.90 Å². The Morgan fingerprint density at radius 3 is 2.37 bits per heavy atom. The molecule has 0 aliphatic carbocycles. The van der Waals surface area contributed by atoms with E-state index in [9.17, 15) is 14.7 Å². The lowest BCUT2D eigenvalue weighted by Gasteiger charge is -2.40. The standard InChI is InChI=1S/C20H30N2O5/c1-14(19(2,3)4)27-17(23)20(8-10-22(11-9-20)18(24)25)12-15-6-7-16(26-5)21-13-15/h6-7,13-14H,8-12H2,1-5H3,(H,24,25). The second-order valence-electron chi connectivity index (χ2n) is 8.35. The molecule has 1 aromatic heterocycles. The van der Waals surface area contributed by atoms with Crippen molar-refractivity contribution in [1.29, 1.82) is 0 Å². The number of likely N-dealkylation sites (tertiary alicyclic amines) is 1. The number of ether oxygens (including phenoxy) is 2. The normalized spacial score (nSPS) is 17.9. The fourth-order valence-corrected chi connectivity index (χ4v) is 3.07. The molecule has 1 aliphatic rings. The molecule has 1 N–H and O–H groups in total. The van der Waals surface area contributed by atoms with E-state index in [1.54, 1.807) is 19.4 Å². The van der Waals surface area contributed by atoms with E-state index in [0.717, 1.165) is 5.56 Å². The van der Waals surface area contributed by atoms with Crippen molar-refractivity contribution in [1.82, 2.24) is 9.88 Å². The number of methoxy groups -OCH3 is 1. The summed E-state index contributed by atoms with van der Waals surface area (Å²) in [5.41, 5.74) is -0.0119. The largest absolute Gasteiger partial charge is 0.481 e. The van der Waals surface area contributed by atoms with Gasteiger partial charge in [0.05, 0.1) is 12.5 Å². The highest BCUT2D eigenvalue weighted by Gasteiger charge is 2.45. The van der Waals surface area contributed by atoms with Gasteiger partial charge in [-0.15, -0.1) is 0 Å². The van der Waals surface area contributed by atoms with Gasteiger partial charge in [-0.3, -0.25) is 4.79 Å². The van der Waals surface area contributed by atoms with Crippen LogP contribution in [0.3, 0.4) is 0 Å². The van der Waals surface area contributed by atoms with Crippen molar-refractivity contribution in [2.45, 2.75) is 53.1 Å². The summed E-state index contributed by atoms with van der Waals surface area (Å²) in [6.45, 7) is 8.61. The molecule has 7 heteroatoms. The number of amides is 1. The van der Waals surface area contributed by atoms with Crippen LogP contribution in [0.4, 0.5) is 4.79 Å². The number of carbonyl (C=O) groups excluding carboxylic acids is 1. The molecule has 1 aromatic rings. The maximum absolute atomic E-state index is 13.1. The lowest BCUT2D eigenvalue weighted by Crippen LogP contribution is -2.49. The molecule has 1 aliphatic heterocycles. The van der Waals surface area contributed by atoms with Gasteiger partial charge in [-0.2, -0.15) is 0 Å². The zero-order valence-electron chi connectivity index (χ0n) is 16.8. The summed E-state index contributed by atoms with van der Waals surface area (Å²) < 4.78 is 10.9. The summed E-state index contributed by atoms with van der Waals surface area (Å²) in [4.78, 5) is 30.0. The molecule has 1 saturated heterocycles. The summed E-state index contributed by atoms with van der Waals surface area (Å²) >= 11 is 0. The second-order valence-corrected chi connectivity index (χ2v) is 8.35. The number of hydrogen-bond donors (Lipinski definition) is 1. The minimum absolute atomic E-state index is 0.166. The molecule has 2 heterocycles. The zero-order valence-corrected chi connectivity index (χ0v) is 16.8. The van der Waals surface area contributed by atoms with E-state index < -0.39 is 11.5 Å². The molecule has 0 spiro atoms. The van der Waals surface area contributed by atoms with Crippen molar-refractivity contribution in [2.75, 3.05) is 20.2 Å². The Bertz CT molecular complexity index is 658. The average Bonchev–Trinajstić information content (AvgIpc) is 2.61. The van der Waals surface area contributed by atoms with Gasteiger partial charge < -0.3 is 19.5 Å². The van der Waals surface area contributed by atoms with Crippen LogP contribution in [0.1, 0.15) is 46.1 Å². The van der Waals surface area contributed by atoms with Crippen LogP contribution in [0.2, 0.25) is 0 Å². The highest BCUT2D eigenvalue weighted by molar-refractivity contribution is 5.78. The molecule has 1 atom stereocenters. The lowest BCUT2D eigenvalue weighted by molar-refractivity contribution is -0.169. The first-order chi connectivity index (χ1) is 12.6. The maximum atomic E-state index is 13.1. The van der Waals surface area contributed by atoms with Gasteiger partial charge in [0.2, 0.25) is 5.88 Å². The molecule has 7 nitrogen and oxygen atoms in total. The van der Waals surface area contributed by atoms with Gasteiger partial charge in [0.15, 0.2) is 0 Å². The Morgan fingerprint density at radius 2 is 1.93 bits per heavy atom. The number of piperidine rings is 1. The molecule has 1 amide bonds. The van der Waals surface area contributed by atoms with E-state index in [1.807, 2.05) is 33.8 Å². The highest BCUT2D eigenvalue weighted by Crippen LogP contribution is 2.38. The van der Waals surface area contributed by atoms with E-state index in [2.05, 4.69) is 4.98 Å². The molecule has 0 radical (unpaired) electrons. The third-order valence-corrected chi connectivity index (χ3v) is 5.48. The van der Waals surface area contributed by atoms with Gasteiger partial charge >= 0.3 is 12.1 Å². The van der Waals surface area contributed by atoms with E-state index in [-0.39, 0.29) is 17.5 Å². The number of carboxylic acid groups (broad SMARTS) is 1. The fraction of sp³-hybridized carbons (Fsp3) is 0.650. The van der Waals surface area contributed by atoms with Crippen LogP contribution in [-0.2, 0) is 16.0 Å². The third kappa shape index (κ3) is 5.11. The first-order valence-electron chi connectivity index (χ1n) is 9.25. The van der Waals surface area contributed by atoms with Crippen molar-refractivity contribution in [2.24, 2.45) is 10.8 Å². The van der Waals surface area contributed by atoms with Gasteiger partial charge in [-0.1, -0.05) is 26.8 Å². The first-order valence-corrected chi connectivity index (χ1v) is 9.25. The predicted molar refractivity (Wildman–Crippen MR) is 101 cm³/mol. The molecule has 0 bridgehead atoms. The van der Waals surface area contributed by atoms with Crippen molar-refractivity contribution in [3.05, 3.63) is 23.9 Å². The number of pyridine rings is 1. The molecule has 27 heavy (non-hydrogen) atoms. The number of esters is 1. The van der Waals surface area contributed by atoms with Crippen LogP contribution >= 0.6 is 0 Å². The molecule has 2 rings (SSSR count). The number of rotatable bonds is 5. The van der Waals surface area contributed by atoms with Crippen LogP contribution in [0.25, 0.3) is 0 Å². The minimum Gasteiger partial charge on any atom is -0.481 e. The molecule has 1 unspecified atom stereocenters. The van der Waals surface area contributed by atoms with E-state index >= 15 is 0 Å². The predicted octanol–water partition coefficient (Wildman–Crippen LogP) is 3.37. The molecule has 150 valence electrons. The summed E-state index contributed by atoms with van der Waals surface area (Å²) in [6.07, 6.45) is 1.83. The Balaban J connectivity index is 2.22. The minimum atomic E-state index is -0.953. The second kappa shape index (κ2) is 8.15. The van der Waals surface area contributed by atoms with Crippen molar-refractivity contribution >= 4 is 12.1 Å². The van der Waals surface area contributed by atoms with Crippen molar-refractivity contribution in [3.63, 3.8) is 0 Å². The van der Waals surface area contributed by atoms with Crippen LogP contribution < -0.4 is 4.74 Å². The van der Waals surface area contributed by atoms with Crippen LogP contribution in [-0.4, -0.2) is 53.4 Å². The van der Waals surface area contributed by atoms with E-state index in [4.69, 9.17) is 9.47 Å². The Kier molecular flexibility index (Phi) is 6.34. The summed E-state index contributed by atoms with van der Waals surface area (Å²) in [5.74, 6) is 0.253. The number of nitrogens with zero attached hydrogens (tertiary/aromatic N) is 2. The van der Waals surface area contributed by atoms with E-state index in [0.29, 0.717) is 38.2 Å². The van der Waals surface area contributed by atoms with Gasteiger partial charge in [0, 0.05) is 25.4 Å². The molecule has 0 aromatic carbocycles. The Hall–Kier alpha value is -2.31. The number of aromatic nitrogens is 1. The topological polar surface area (TPSA) is 89.0 Å². The van der Waals surface area contributed by atoms with Gasteiger partial charge in [0.1, 0.15) is 6.10 Å². The molecule has 0 saturated carbocycles. The number of carbonyl (C=O) groups is 2. The van der Waals surface area contributed by atoms with Gasteiger partial charge in [0.25, 0.3) is 0 Å². The van der Waals surface area contributed by atoms with Crippen molar-refractivity contribution in [3.8, 4) is 5.88 Å². The highest BCUT2D eigenvalue weighted by atomic mass is 16.5. The van der Waals surface area contributed by atoms with Crippen LogP contribution in [0.15, 0.2) is 18.3 Å². The molecular weight excluding hydrogens is 348 g/mol. The quantitative estimate of drug-likeness (QED) is 0.790. The van der Waals surface area contributed by atoms with Crippen molar-refractivity contribution < 1.29 is 24.2 Å². The van der Waals surface area contributed by atoms with Gasteiger partial charge in [-0.05, 0) is 37.2 Å². The maximum Gasteiger partial charge on any atom is 0.407 e. The average molecular weight is 378 g/mol. The smallest absolute Gasteiger partial charge is 0.407 e. The molecular formula is C20H30N2O5. The summed E-state index contributed by atoms with van der Waals surface area (Å²) in [7, 11) is 1.55. The lowest BCUT2D eigenvalue weighted by atomic mass is 9.74.